The predicted molar refractivity (Wildman–Crippen MR) is 66.7 cm³/mol. The van der Waals surface area contributed by atoms with Crippen molar-refractivity contribution in [3.8, 4) is 5.75 Å². The van der Waals surface area contributed by atoms with E-state index in [1.807, 2.05) is 0 Å². The van der Waals surface area contributed by atoms with Crippen LogP contribution in [0.25, 0.3) is 0 Å². The van der Waals surface area contributed by atoms with Crippen molar-refractivity contribution in [2.75, 3.05) is 7.11 Å². The molecule has 96 valence electrons. The van der Waals surface area contributed by atoms with Gasteiger partial charge in [0.1, 0.15) is 11.6 Å². The van der Waals surface area contributed by atoms with Gasteiger partial charge in [-0.05, 0) is 18.6 Å². The molecule has 17 heavy (non-hydrogen) atoms. The van der Waals surface area contributed by atoms with E-state index in [0.29, 0.717) is 12.2 Å². The van der Waals surface area contributed by atoms with Crippen molar-refractivity contribution in [1.29, 1.82) is 0 Å². The highest BCUT2D eigenvalue weighted by atomic mass is 19.1. The van der Waals surface area contributed by atoms with Gasteiger partial charge in [0.15, 0.2) is 0 Å². The van der Waals surface area contributed by atoms with E-state index in [2.05, 4.69) is 6.92 Å². The summed E-state index contributed by atoms with van der Waals surface area (Å²) >= 11 is 0. The molecular formula is C14H21FO2. The molecule has 0 radical (unpaired) electrons. The zero-order valence-electron chi connectivity index (χ0n) is 10.6. The second-order valence-electron chi connectivity index (χ2n) is 4.22. The minimum Gasteiger partial charge on any atom is -0.496 e. The first-order valence-electron chi connectivity index (χ1n) is 6.21. The van der Waals surface area contributed by atoms with Crippen LogP contribution in [0.5, 0.6) is 5.75 Å². The van der Waals surface area contributed by atoms with Gasteiger partial charge in [-0.15, -0.1) is 0 Å². The zero-order chi connectivity index (χ0) is 12.7. The van der Waals surface area contributed by atoms with E-state index in [1.165, 1.54) is 13.2 Å². The Morgan fingerprint density at radius 2 is 2.06 bits per heavy atom. The molecule has 0 aliphatic heterocycles. The number of hydrogen-bond acceptors (Lipinski definition) is 2. The van der Waals surface area contributed by atoms with E-state index in [-0.39, 0.29) is 5.56 Å². The lowest BCUT2D eigenvalue weighted by Gasteiger charge is -2.15. The maximum atomic E-state index is 13.6. The number of benzene rings is 1. The standard InChI is InChI=1S/C14H21FO2/c1-3-4-5-6-9-12(16)14-11(15)8-7-10-13(14)17-2/h7-8,10,12,16H,3-6,9H2,1-2H3. The molecule has 3 heteroatoms. The molecule has 0 aliphatic rings. The summed E-state index contributed by atoms with van der Waals surface area (Å²) in [5, 5.41) is 9.99. The number of halogens is 1. The van der Waals surface area contributed by atoms with Gasteiger partial charge < -0.3 is 9.84 Å². The first-order chi connectivity index (χ1) is 8.20. The summed E-state index contributed by atoms with van der Waals surface area (Å²) in [7, 11) is 1.49. The molecule has 0 amide bonds. The van der Waals surface area contributed by atoms with Crippen molar-refractivity contribution in [3.63, 3.8) is 0 Å². The summed E-state index contributed by atoms with van der Waals surface area (Å²) in [4.78, 5) is 0. The fraction of sp³-hybridized carbons (Fsp3) is 0.571. The van der Waals surface area contributed by atoms with Gasteiger partial charge in [0, 0.05) is 0 Å². The maximum Gasteiger partial charge on any atom is 0.132 e. The van der Waals surface area contributed by atoms with Crippen LogP contribution in [0.3, 0.4) is 0 Å². The molecule has 0 aromatic heterocycles. The molecule has 0 saturated heterocycles. The number of methoxy groups -OCH3 is 1. The highest BCUT2D eigenvalue weighted by Gasteiger charge is 2.17. The largest absolute Gasteiger partial charge is 0.496 e. The number of ether oxygens (including phenoxy) is 1. The fourth-order valence-electron chi connectivity index (χ4n) is 1.93. The molecule has 0 heterocycles. The number of hydrogen-bond donors (Lipinski definition) is 1. The molecule has 2 nitrogen and oxygen atoms in total. The van der Waals surface area contributed by atoms with Gasteiger partial charge >= 0.3 is 0 Å². The third kappa shape index (κ3) is 4.00. The number of unbranched alkanes of at least 4 members (excludes halogenated alkanes) is 3. The van der Waals surface area contributed by atoms with Crippen molar-refractivity contribution in [2.45, 2.75) is 45.1 Å². The molecule has 1 aromatic rings. The topological polar surface area (TPSA) is 29.5 Å². The molecule has 0 spiro atoms. The average Bonchev–Trinajstić information content (AvgIpc) is 2.34. The Kier molecular flexibility index (Phi) is 5.98. The Morgan fingerprint density at radius 1 is 1.29 bits per heavy atom. The average molecular weight is 240 g/mol. The van der Waals surface area contributed by atoms with E-state index in [9.17, 15) is 9.50 Å². The van der Waals surface area contributed by atoms with Crippen molar-refractivity contribution >= 4 is 0 Å². The smallest absolute Gasteiger partial charge is 0.132 e. The molecule has 1 rings (SSSR count). The van der Waals surface area contributed by atoms with Crippen molar-refractivity contribution < 1.29 is 14.2 Å². The van der Waals surface area contributed by atoms with Gasteiger partial charge in [-0.2, -0.15) is 0 Å². The Balaban J connectivity index is 2.64. The van der Waals surface area contributed by atoms with Crippen LogP contribution in [0.1, 0.15) is 50.7 Å². The van der Waals surface area contributed by atoms with Gasteiger partial charge in [0.25, 0.3) is 0 Å². The van der Waals surface area contributed by atoms with Gasteiger partial charge in [0.2, 0.25) is 0 Å². The first kappa shape index (κ1) is 14.0. The van der Waals surface area contributed by atoms with Crippen LogP contribution in [-0.4, -0.2) is 12.2 Å². The molecule has 1 atom stereocenters. The Bertz CT molecular complexity index is 339. The summed E-state index contributed by atoms with van der Waals surface area (Å²) in [6.45, 7) is 2.14. The highest BCUT2D eigenvalue weighted by molar-refractivity contribution is 5.36. The Morgan fingerprint density at radius 3 is 2.71 bits per heavy atom. The number of aliphatic hydroxyl groups excluding tert-OH is 1. The van der Waals surface area contributed by atoms with Crippen LogP contribution in [0.2, 0.25) is 0 Å². The van der Waals surface area contributed by atoms with Gasteiger partial charge in [-0.1, -0.05) is 38.7 Å². The SMILES string of the molecule is CCCCCCC(O)c1c(F)cccc1OC. The molecule has 0 fully saturated rings. The lowest BCUT2D eigenvalue weighted by Crippen LogP contribution is -2.03. The monoisotopic (exact) mass is 240 g/mol. The molecule has 1 aromatic carbocycles. The second kappa shape index (κ2) is 7.28. The predicted octanol–water partition coefficient (Wildman–Crippen LogP) is 3.84. The molecule has 0 saturated carbocycles. The molecule has 0 bridgehead atoms. The van der Waals surface area contributed by atoms with Gasteiger partial charge in [-0.3, -0.25) is 0 Å². The van der Waals surface area contributed by atoms with Crippen molar-refractivity contribution in [2.24, 2.45) is 0 Å². The molecule has 0 aliphatic carbocycles. The summed E-state index contributed by atoms with van der Waals surface area (Å²) in [5.41, 5.74) is 0.284. The van der Waals surface area contributed by atoms with Gasteiger partial charge in [0.05, 0.1) is 18.8 Å². The normalized spacial score (nSPS) is 12.5. The van der Waals surface area contributed by atoms with Crippen molar-refractivity contribution in [1.82, 2.24) is 0 Å². The van der Waals surface area contributed by atoms with Crippen LogP contribution >= 0.6 is 0 Å². The quantitative estimate of drug-likeness (QED) is 0.734. The minimum absolute atomic E-state index is 0.284. The van der Waals surface area contributed by atoms with E-state index >= 15 is 0 Å². The van der Waals surface area contributed by atoms with E-state index in [1.54, 1.807) is 12.1 Å². The maximum absolute atomic E-state index is 13.6. The van der Waals surface area contributed by atoms with Crippen molar-refractivity contribution in [3.05, 3.63) is 29.6 Å². The highest BCUT2D eigenvalue weighted by Crippen LogP contribution is 2.30. The van der Waals surface area contributed by atoms with E-state index < -0.39 is 11.9 Å². The lowest BCUT2D eigenvalue weighted by molar-refractivity contribution is 0.154. The third-order valence-corrected chi connectivity index (χ3v) is 2.90. The molecule has 1 N–H and O–H groups in total. The first-order valence-corrected chi connectivity index (χ1v) is 6.21. The van der Waals surface area contributed by atoms with Gasteiger partial charge in [-0.25, -0.2) is 4.39 Å². The summed E-state index contributed by atoms with van der Waals surface area (Å²) < 4.78 is 18.7. The Labute approximate surface area is 102 Å². The van der Waals surface area contributed by atoms with Crippen LogP contribution in [0, 0.1) is 5.82 Å². The lowest BCUT2D eigenvalue weighted by atomic mass is 10.0. The van der Waals surface area contributed by atoms with Crippen LogP contribution in [-0.2, 0) is 0 Å². The number of aliphatic hydroxyl groups is 1. The van der Waals surface area contributed by atoms with E-state index in [4.69, 9.17) is 4.74 Å². The zero-order valence-corrected chi connectivity index (χ0v) is 10.6. The Hall–Kier alpha value is -1.09. The van der Waals surface area contributed by atoms with Crippen LogP contribution in [0.4, 0.5) is 4.39 Å². The summed E-state index contributed by atoms with van der Waals surface area (Å²) in [6, 6.07) is 4.61. The molecular weight excluding hydrogens is 219 g/mol. The third-order valence-electron chi connectivity index (χ3n) is 2.90. The van der Waals surface area contributed by atoms with E-state index in [0.717, 1.165) is 25.7 Å². The number of rotatable bonds is 7. The summed E-state index contributed by atoms with van der Waals surface area (Å²) in [5.74, 6) is 0.0281. The summed E-state index contributed by atoms with van der Waals surface area (Å²) in [6.07, 6.45) is 4.09. The molecule has 1 unspecified atom stereocenters. The second-order valence-corrected chi connectivity index (χ2v) is 4.22. The van der Waals surface area contributed by atoms with Crippen LogP contribution < -0.4 is 4.74 Å². The minimum atomic E-state index is -0.775. The fourth-order valence-corrected chi connectivity index (χ4v) is 1.93. The van der Waals surface area contributed by atoms with Crippen LogP contribution in [0.15, 0.2) is 18.2 Å².